The summed E-state index contributed by atoms with van der Waals surface area (Å²) in [5.74, 6) is 0. The van der Waals surface area contributed by atoms with Gasteiger partial charge in [0.1, 0.15) is 4.99 Å². The van der Waals surface area contributed by atoms with Crippen molar-refractivity contribution in [2.75, 3.05) is 5.32 Å². The summed E-state index contributed by atoms with van der Waals surface area (Å²) in [6.07, 6.45) is 5.06. The zero-order valence-electron chi connectivity index (χ0n) is 10.7. The molecule has 0 saturated carbocycles. The van der Waals surface area contributed by atoms with Crippen molar-refractivity contribution < 1.29 is 4.42 Å². The van der Waals surface area contributed by atoms with Crippen LogP contribution in [0.25, 0.3) is 10.9 Å². The molecule has 0 amide bonds. The molecule has 2 heterocycles. The molecule has 5 heteroatoms. The molecule has 3 N–H and O–H groups in total. The minimum absolute atomic E-state index is 0.331. The normalized spacial score (nSPS) is 10.6. The molecular weight excluding hydrogens is 270 g/mol. The molecule has 0 aliphatic carbocycles. The fourth-order valence-electron chi connectivity index (χ4n) is 2.10. The molecule has 0 radical (unpaired) electrons. The number of thiocarbonyl (C=S) groups is 1. The van der Waals surface area contributed by atoms with Gasteiger partial charge >= 0.3 is 0 Å². The molecule has 2 aromatic heterocycles. The van der Waals surface area contributed by atoms with Crippen LogP contribution in [0.4, 0.5) is 5.69 Å². The summed E-state index contributed by atoms with van der Waals surface area (Å²) < 4.78 is 5.07. The molecule has 3 aromatic rings. The number of hydrogen-bond donors (Lipinski definition) is 2. The second-order valence-corrected chi connectivity index (χ2v) is 4.85. The van der Waals surface area contributed by atoms with E-state index in [9.17, 15) is 0 Å². The third-order valence-corrected chi connectivity index (χ3v) is 3.31. The van der Waals surface area contributed by atoms with Crippen LogP contribution in [0.1, 0.15) is 11.1 Å². The maximum Gasteiger partial charge on any atom is 0.107 e. The monoisotopic (exact) mass is 283 g/mol. The molecule has 100 valence electrons. The molecule has 0 spiro atoms. The van der Waals surface area contributed by atoms with Crippen LogP contribution in [0, 0.1) is 0 Å². The first-order valence-corrected chi connectivity index (χ1v) is 6.59. The number of aromatic nitrogens is 1. The van der Waals surface area contributed by atoms with Crippen LogP contribution < -0.4 is 11.1 Å². The van der Waals surface area contributed by atoms with Gasteiger partial charge in [-0.1, -0.05) is 30.4 Å². The van der Waals surface area contributed by atoms with Crippen LogP contribution >= 0.6 is 12.2 Å². The van der Waals surface area contributed by atoms with Gasteiger partial charge in [-0.2, -0.15) is 0 Å². The summed E-state index contributed by atoms with van der Waals surface area (Å²) in [4.78, 5) is 4.71. The van der Waals surface area contributed by atoms with E-state index >= 15 is 0 Å². The van der Waals surface area contributed by atoms with E-state index < -0.39 is 0 Å². The van der Waals surface area contributed by atoms with Gasteiger partial charge in [-0.25, -0.2) is 0 Å². The van der Waals surface area contributed by atoms with Crippen LogP contribution in [0.2, 0.25) is 0 Å². The predicted molar refractivity (Wildman–Crippen MR) is 83.7 cm³/mol. The number of pyridine rings is 1. The van der Waals surface area contributed by atoms with Gasteiger partial charge in [0.25, 0.3) is 0 Å². The lowest BCUT2D eigenvalue weighted by molar-refractivity contribution is 0.564. The number of nitrogens with one attached hydrogen (secondary N) is 1. The first kappa shape index (κ1) is 12.6. The Morgan fingerprint density at radius 3 is 2.90 bits per heavy atom. The third kappa shape index (κ3) is 2.35. The average molecular weight is 283 g/mol. The molecule has 3 rings (SSSR count). The van der Waals surface area contributed by atoms with E-state index in [2.05, 4.69) is 10.3 Å². The minimum Gasteiger partial charge on any atom is -0.472 e. The second kappa shape index (κ2) is 5.30. The summed E-state index contributed by atoms with van der Waals surface area (Å²) in [6, 6.07) is 9.80. The topological polar surface area (TPSA) is 64.1 Å². The SMILES string of the molecule is NC(=S)c1cnc2ccccc2c1NCc1ccoc1. The number of rotatable bonds is 4. The molecular formula is C15H13N3OS. The number of anilines is 1. The highest BCUT2D eigenvalue weighted by atomic mass is 32.1. The van der Waals surface area contributed by atoms with E-state index in [4.69, 9.17) is 22.4 Å². The molecule has 20 heavy (non-hydrogen) atoms. The Hall–Kier alpha value is -2.40. The Labute approximate surface area is 121 Å². The van der Waals surface area contributed by atoms with Crippen molar-refractivity contribution in [2.24, 2.45) is 5.73 Å². The molecule has 0 atom stereocenters. The molecule has 0 aliphatic heterocycles. The highest BCUT2D eigenvalue weighted by Gasteiger charge is 2.10. The van der Waals surface area contributed by atoms with Gasteiger partial charge in [0.2, 0.25) is 0 Å². The van der Waals surface area contributed by atoms with E-state index in [1.807, 2.05) is 30.3 Å². The summed E-state index contributed by atoms with van der Waals surface area (Å²) in [7, 11) is 0. The van der Waals surface area contributed by atoms with Crippen molar-refractivity contribution >= 4 is 33.8 Å². The Bertz CT molecular complexity index is 753. The number of benzene rings is 1. The van der Waals surface area contributed by atoms with Gasteiger partial charge in [0.15, 0.2) is 0 Å². The summed E-state index contributed by atoms with van der Waals surface area (Å²) in [5, 5.41) is 4.37. The smallest absolute Gasteiger partial charge is 0.107 e. The number of hydrogen-bond acceptors (Lipinski definition) is 4. The quantitative estimate of drug-likeness (QED) is 0.720. The summed E-state index contributed by atoms with van der Waals surface area (Å²) in [6.45, 7) is 0.639. The van der Waals surface area contributed by atoms with E-state index in [-0.39, 0.29) is 0 Å². The predicted octanol–water partition coefficient (Wildman–Crippen LogP) is 3.07. The lowest BCUT2D eigenvalue weighted by Gasteiger charge is -2.13. The Balaban J connectivity index is 2.05. The zero-order chi connectivity index (χ0) is 13.9. The van der Waals surface area contributed by atoms with Crippen LogP contribution in [0.3, 0.4) is 0 Å². The van der Waals surface area contributed by atoms with E-state index in [1.54, 1.807) is 18.7 Å². The van der Waals surface area contributed by atoms with E-state index in [0.29, 0.717) is 11.5 Å². The molecule has 0 unspecified atom stereocenters. The first-order valence-electron chi connectivity index (χ1n) is 6.18. The largest absolute Gasteiger partial charge is 0.472 e. The molecule has 0 saturated heterocycles. The van der Waals surface area contributed by atoms with Crippen molar-refractivity contribution in [3.63, 3.8) is 0 Å². The van der Waals surface area contributed by atoms with Crippen LogP contribution in [0.15, 0.2) is 53.5 Å². The number of para-hydroxylation sites is 1. The maximum absolute atomic E-state index is 5.79. The Kier molecular flexibility index (Phi) is 3.35. The van der Waals surface area contributed by atoms with Gasteiger partial charge < -0.3 is 15.5 Å². The highest BCUT2D eigenvalue weighted by Crippen LogP contribution is 2.26. The zero-order valence-corrected chi connectivity index (χ0v) is 11.5. The molecule has 1 aromatic carbocycles. The first-order chi connectivity index (χ1) is 9.75. The average Bonchev–Trinajstić information content (AvgIpc) is 2.97. The molecule has 0 fully saturated rings. The second-order valence-electron chi connectivity index (χ2n) is 4.41. The van der Waals surface area contributed by atoms with Gasteiger partial charge in [0.05, 0.1) is 29.3 Å². The molecule has 0 bridgehead atoms. The maximum atomic E-state index is 5.79. The lowest BCUT2D eigenvalue weighted by Crippen LogP contribution is -2.14. The third-order valence-electron chi connectivity index (χ3n) is 3.09. The van der Waals surface area contributed by atoms with Crippen molar-refractivity contribution in [2.45, 2.75) is 6.54 Å². The lowest BCUT2D eigenvalue weighted by atomic mass is 10.1. The van der Waals surface area contributed by atoms with Crippen molar-refractivity contribution in [3.8, 4) is 0 Å². The van der Waals surface area contributed by atoms with Crippen molar-refractivity contribution in [1.82, 2.24) is 4.98 Å². The number of nitrogens with zero attached hydrogens (tertiary/aromatic N) is 1. The van der Waals surface area contributed by atoms with E-state index in [0.717, 1.165) is 27.7 Å². The number of nitrogens with two attached hydrogens (primary N) is 1. The fraction of sp³-hybridized carbons (Fsp3) is 0.0667. The van der Waals surface area contributed by atoms with Crippen LogP contribution in [0.5, 0.6) is 0 Å². The Morgan fingerprint density at radius 2 is 2.15 bits per heavy atom. The highest BCUT2D eigenvalue weighted by molar-refractivity contribution is 7.80. The van der Waals surface area contributed by atoms with Crippen LogP contribution in [-0.4, -0.2) is 9.97 Å². The summed E-state index contributed by atoms with van der Waals surface area (Å²) in [5.41, 5.74) is 9.41. The molecule has 0 aliphatic rings. The van der Waals surface area contributed by atoms with E-state index in [1.165, 1.54) is 0 Å². The Morgan fingerprint density at radius 1 is 1.30 bits per heavy atom. The van der Waals surface area contributed by atoms with Gasteiger partial charge in [-0.15, -0.1) is 0 Å². The number of furan rings is 1. The fourth-order valence-corrected chi connectivity index (χ4v) is 2.26. The van der Waals surface area contributed by atoms with Gasteiger partial charge in [0, 0.05) is 23.7 Å². The number of fused-ring (bicyclic) bond motifs is 1. The van der Waals surface area contributed by atoms with Crippen LogP contribution in [-0.2, 0) is 6.54 Å². The van der Waals surface area contributed by atoms with Gasteiger partial charge in [-0.3, -0.25) is 4.98 Å². The standard InChI is InChI=1S/C15H13N3OS/c16-15(20)12-8-17-13-4-2-1-3-11(13)14(12)18-7-10-5-6-19-9-10/h1-6,8-9H,7H2,(H2,16,20)(H,17,18). The van der Waals surface area contributed by atoms with Gasteiger partial charge in [-0.05, 0) is 12.1 Å². The van der Waals surface area contributed by atoms with Crippen molar-refractivity contribution in [1.29, 1.82) is 0 Å². The van der Waals surface area contributed by atoms with Crippen molar-refractivity contribution in [3.05, 3.63) is 60.2 Å². The minimum atomic E-state index is 0.331. The molecule has 4 nitrogen and oxygen atoms in total. The summed E-state index contributed by atoms with van der Waals surface area (Å²) >= 11 is 5.11.